The maximum atomic E-state index is 12.5. The largest absolute Gasteiger partial charge is 0.514 e. The van der Waals surface area contributed by atoms with Crippen LogP contribution < -0.4 is 11.1 Å². The van der Waals surface area contributed by atoms with Crippen molar-refractivity contribution in [3.63, 3.8) is 0 Å². The molecule has 0 saturated carbocycles. The minimum atomic E-state index is -0.486. The summed E-state index contributed by atoms with van der Waals surface area (Å²) < 4.78 is 4.76. The van der Waals surface area contributed by atoms with Crippen LogP contribution in [-0.4, -0.2) is 42.7 Å². The summed E-state index contributed by atoms with van der Waals surface area (Å²) >= 11 is 0. The van der Waals surface area contributed by atoms with E-state index in [1.54, 1.807) is 38.1 Å². The molecule has 0 atom stereocenters. The monoisotopic (exact) mass is 448 g/mol. The standard InChI is InChI=1S/C25H28N4O4/c1-16(15-30)29-14-22(17(2)25(32)33-3)12-13-28-24(31)21-10-6-19(7-11-21)18-4-8-20(9-5-18)23(26)27/h4-11,14-15,30H,12-13H2,1-3H3,(H3,26,27)(H,28,31)/b16-15+,22-17+,29-14+. The number of hydrogen-bond acceptors (Lipinski definition) is 6. The number of esters is 1. The fourth-order valence-corrected chi connectivity index (χ4v) is 2.92. The van der Waals surface area contributed by atoms with Gasteiger partial charge < -0.3 is 20.9 Å². The Morgan fingerprint density at radius 1 is 1.06 bits per heavy atom. The summed E-state index contributed by atoms with van der Waals surface area (Å²) in [5, 5.41) is 19.3. The van der Waals surface area contributed by atoms with Crippen LogP contribution in [0.25, 0.3) is 11.1 Å². The molecule has 8 nitrogen and oxygen atoms in total. The van der Waals surface area contributed by atoms with E-state index in [4.69, 9.17) is 21.0 Å². The van der Waals surface area contributed by atoms with Gasteiger partial charge in [0, 0.05) is 29.5 Å². The van der Waals surface area contributed by atoms with E-state index in [0.717, 1.165) is 17.4 Å². The van der Waals surface area contributed by atoms with Crippen molar-refractivity contribution < 1.29 is 19.4 Å². The van der Waals surface area contributed by atoms with Crippen molar-refractivity contribution in [3.8, 4) is 11.1 Å². The summed E-state index contributed by atoms with van der Waals surface area (Å²) in [4.78, 5) is 28.5. The number of benzene rings is 2. The second-order valence-corrected chi connectivity index (χ2v) is 7.24. The van der Waals surface area contributed by atoms with E-state index in [0.29, 0.717) is 34.4 Å². The number of aliphatic hydroxyl groups is 1. The van der Waals surface area contributed by atoms with E-state index in [9.17, 15) is 9.59 Å². The zero-order valence-corrected chi connectivity index (χ0v) is 18.9. The van der Waals surface area contributed by atoms with Gasteiger partial charge >= 0.3 is 5.97 Å². The molecule has 5 N–H and O–H groups in total. The van der Waals surface area contributed by atoms with E-state index in [-0.39, 0.29) is 18.3 Å². The van der Waals surface area contributed by atoms with Gasteiger partial charge in [-0.1, -0.05) is 36.4 Å². The van der Waals surface area contributed by atoms with Crippen molar-refractivity contribution in [1.29, 1.82) is 5.41 Å². The van der Waals surface area contributed by atoms with Crippen molar-refractivity contribution in [3.05, 3.63) is 82.8 Å². The van der Waals surface area contributed by atoms with Crippen LogP contribution >= 0.6 is 0 Å². The van der Waals surface area contributed by atoms with Crippen LogP contribution in [0.2, 0.25) is 0 Å². The predicted molar refractivity (Wildman–Crippen MR) is 129 cm³/mol. The van der Waals surface area contributed by atoms with E-state index in [1.165, 1.54) is 13.3 Å². The van der Waals surface area contributed by atoms with Crippen LogP contribution in [0.1, 0.15) is 36.2 Å². The molecule has 0 fully saturated rings. The van der Waals surface area contributed by atoms with Crippen LogP contribution in [0.5, 0.6) is 0 Å². The Balaban J connectivity index is 2.04. The summed E-state index contributed by atoms with van der Waals surface area (Å²) in [5.74, 6) is -0.716. The zero-order chi connectivity index (χ0) is 24.4. The number of methoxy groups -OCH3 is 1. The smallest absolute Gasteiger partial charge is 0.333 e. The number of amides is 1. The van der Waals surface area contributed by atoms with Gasteiger partial charge in [0.05, 0.1) is 12.8 Å². The number of nitrogens with two attached hydrogens (primary N) is 1. The third kappa shape index (κ3) is 7.17. The number of nitrogens with zero attached hydrogens (tertiary/aromatic N) is 1. The Bertz CT molecular complexity index is 1100. The lowest BCUT2D eigenvalue weighted by atomic mass is 10.0. The topological polar surface area (TPSA) is 138 Å². The molecule has 33 heavy (non-hydrogen) atoms. The molecule has 0 spiro atoms. The van der Waals surface area contributed by atoms with Gasteiger partial charge in [0.15, 0.2) is 0 Å². The number of nitrogens with one attached hydrogen (secondary N) is 2. The number of ether oxygens (including phenoxy) is 1. The van der Waals surface area contributed by atoms with E-state index in [1.807, 2.05) is 24.3 Å². The molecule has 2 rings (SSSR count). The highest BCUT2D eigenvalue weighted by atomic mass is 16.5. The first-order valence-corrected chi connectivity index (χ1v) is 10.2. The lowest BCUT2D eigenvalue weighted by molar-refractivity contribution is -0.136. The third-order valence-corrected chi connectivity index (χ3v) is 4.94. The molecule has 2 aromatic carbocycles. The summed E-state index contributed by atoms with van der Waals surface area (Å²) in [7, 11) is 1.29. The summed E-state index contributed by atoms with van der Waals surface area (Å²) in [6.45, 7) is 3.52. The van der Waals surface area contributed by atoms with Gasteiger partial charge in [0.25, 0.3) is 5.91 Å². The Morgan fingerprint density at radius 3 is 2.09 bits per heavy atom. The minimum absolute atomic E-state index is 0.0135. The van der Waals surface area contributed by atoms with Crippen LogP contribution in [0, 0.1) is 5.41 Å². The molecular weight excluding hydrogens is 420 g/mol. The van der Waals surface area contributed by atoms with E-state index >= 15 is 0 Å². The summed E-state index contributed by atoms with van der Waals surface area (Å²) in [6.07, 6.45) is 2.70. The first-order valence-electron chi connectivity index (χ1n) is 10.2. The molecule has 0 aromatic heterocycles. The van der Waals surface area contributed by atoms with Crippen LogP contribution in [0.3, 0.4) is 0 Å². The van der Waals surface area contributed by atoms with Crippen LogP contribution in [0.4, 0.5) is 0 Å². The fourth-order valence-electron chi connectivity index (χ4n) is 2.92. The maximum Gasteiger partial charge on any atom is 0.333 e. The molecular formula is C25H28N4O4. The molecule has 0 bridgehead atoms. The van der Waals surface area contributed by atoms with Gasteiger partial charge in [-0.2, -0.15) is 0 Å². The SMILES string of the molecule is COC(=O)/C(C)=C(/C=N/C(C)=C/O)CCNC(=O)c1ccc(-c2ccc(C(=N)N)cc2)cc1. The Kier molecular flexibility index (Phi) is 9.11. The number of aliphatic imine (C=N–C) groups is 1. The normalized spacial score (nSPS) is 12.3. The van der Waals surface area contributed by atoms with Gasteiger partial charge in [0.1, 0.15) is 12.1 Å². The number of nitrogen functional groups attached to an aromatic ring is 1. The molecule has 0 aliphatic carbocycles. The van der Waals surface area contributed by atoms with Gasteiger partial charge in [-0.25, -0.2) is 4.79 Å². The van der Waals surface area contributed by atoms with Crippen LogP contribution in [-0.2, 0) is 9.53 Å². The second-order valence-electron chi connectivity index (χ2n) is 7.24. The number of amidine groups is 1. The maximum absolute atomic E-state index is 12.5. The van der Waals surface area contributed by atoms with Crippen molar-refractivity contribution in [2.24, 2.45) is 10.7 Å². The molecule has 8 heteroatoms. The molecule has 0 heterocycles. The highest BCUT2D eigenvalue weighted by molar-refractivity contribution is 5.97. The predicted octanol–water partition coefficient (Wildman–Crippen LogP) is 3.74. The highest BCUT2D eigenvalue weighted by Crippen LogP contribution is 2.20. The van der Waals surface area contributed by atoms with Crippen LogP contribution in [0.15, 0.2) is 76.6 Å². The van der Waals surface area contributed by atoms with E-state index < -0.39 is 5.97 Å². The van der Waals surface area contributed by atoms with Gasteiger partial charge in [-0.15, -0.1) is 0 Å². The number of allylic oxidation sites excluding steroid dienone is 1. The molecule has 0 unspecified atom stereocenters. The fraction of sp³-hybridized carbons (Fsp3) is 0.200. The van der Waals surface area contributed by atoms with Gasteiger partial charge in [0.2, 0.25) is 0 Å². The van der Waals surface area contributed by atoms with Gasteiger partial charge in [-0.3, -0.25) is 15.2 Å². The molecule has 0 saturated heterocycles. The molecule has 1 amide bonds. The number of hydrogen-bond donors (Lipinski definition) is 4. The molecule has 0 aliphatic rings. The lowest BCUT2D eigenvalue weighted by Crippen LogP contribution is -2.25. The average molecular weight is 449 g/mol. The number of rotatable bonds is 9. The first-order chi connectivity index (χ1) is 15.8. The highest BCUT2D eigenvalue weighted by Gasteiger charge is 2.11. The Hall–Kier alpha value is -4.20. The number of carbonyl (C=O) groups is 2. The van der Waals surface area contributed by atoms with Crippen molar-refractivity contribution >= 4 is 23.9 Å². The van der Waals surface area contributed by atoms with Crippen molar-refractivity contribution in [2.45, 2.75) is 20.3 Å². The molecule has 172 valence electrons. The quantitative estimate of drug-likeness (QED) is 0.152. The minimum Gasteiger partial charge on any atom is -0.514 e. The second kappa shape index (κ2) is 12.0. The number of aliphatic hydroxyl groups excluding tert-OH is 1. The van der Waals surface area contributed by atoms with E-state index in [2.05, 4.69) is 10.3 Å². The zero-order valence-electron chi connectivity index (χ0n) is 18.9. The Morgan fingerprint density at radius 2 is 1.61 bits per heavy atom. The summed E-state index contributed by atoms with van der Waals surface area (Å²) in [6, 6.07) is 14.5. The van der Waals surface area contributed by atoms with Crippen molar-refractivity contribution in [2.75, 3.05) is 13.7 Å². The molecule has 2 aromatic rings. The first kappa shape index (κ1) is 25.1. The van der Waals surface area contributed by atoms with Crippen molar-refractivity contribution in [1.82, 2.24) is 5.32 Å². The summed E-state index contributed by atoms with van der Waals surface area (Å²) in [5.41, 5.74) is 9.87. The molecule has 0 aliphatic heterocycles. The Labute approximate surface area is 193 Å². The average Bonchev–Trinajstić information content (AvgIpc) is 2.84. The van der Waals surface area contributed by atoms with Gasteiger partial charge in [-0.05, 0) is 49.1 Å². The lowest BCUT2D eigenvalue weighted by Gasteiger charge is -2.09. The number of carbonyl (C=O) groups excluding carboxylic acids is 2. The molecule has 0 radical (unpaired) electrons. The third-order valence-electron chi connectivity index (χ3n) is 4.94.